The average Bonchev–Trinajstić information content (AvgIpc) is 2.24. The summed E-state index contributed by atoms with van der Waals surface area (Å²) in [4.78, 5) is 2.40. The molecule has 0 aromatic rings. The SMILES string of the molecule is CCN(CC(C)OC)C(C)(CC)CN. The predicted molar refractivity (Wildman–Crippen MR) is 61.5 cm³/mol. The zero-order chi connectivity index (χ0) is 11.2. The quantitative estimate of drug-likeness (QED) is 0.679. The minimum Gasteiger partial charge on any atom is -0.380 e. The molecule has 0 aromatic heterocycles. The second-order valence-corrected chi connectivity index (χ2v) is 4.14. The Morgan fingerprint density at radius 3 is 2.29 bits per heavy atom. The van der Waals surface area contributed by atoms with Crippen LogP contribution in [-0.4, -0.2) is 43.3 Å². The Bertz CT molecular complexity index is 146. The number of hydrogen-bond acceptors (Lipinski definition) is 3. The molecule has 3 nitrogen and oxygen atoms in total. The van der Waals surface area contributed by atoms with Gasteiger partial charge in [0, 0.05) is 25.7 Å². The summed E-state index contributed by atoms with van der Waals surface area (Å²) in [6.45, 7) is 11.4. The van der Waals surface area contributed by atoms with Gasteiger partial charge in [-0.05, 0) is 26.8 Å². The van der Waals surface area contributed by atoms with Gasteiger partial charge in [0.1, 0.15) is 0 Å². The van der Waals surface area contributed by atoms with E-state index in [9.17, 15) is 0 Å². The zero-order valence-electron chi connectivity index (χ0n) is 10.3. The van der Waals surface area contributed by atoms with E-state index in [1.807, 2.05) is 0 Å². The molecular formula is C11H26N2O. The number of rotatable bonds is 7. The molecule has 0 aliphatic rings. The van der Waals surface area contributed by atoms with E-state index in [1.54, 1.807) is 7.11 Å². The molecule has 0 spiro atoms. The first-order valence-corrected chi connectivity index (χ1v) is 5.52. The molecule has 14 heavy (non-hydrogen) atoms. The molecule has 0 rings (SSSR count). The zero-order valence-corrected chi connectivity index (χ0v) is 10.3. The Labute approximate surface area is 88.6 Å². The van der Waals surface area contributed by atoms with Gasteiger partial charge in [-0.25, -0.2) is 0 Å². The molecule has 2 unspecified atom stereocenters. The van der Waals surface area contributed by atoms with E-state index in [2.05, 4.69) is 32.6 Å². The van der Waals surface area contributed by atoms with Gasteiger partial charge in [-0.1, -0.05) is 13.8 Å². The normalized spacial score (nSPS) is 18.2. The van der Waals surface area contributed by atoms with Crippen molar-refractivity contribution in [1.82, 2.24) is 4.90 Å². The van der Waals surface area contributed by atoms with Gasteiger partial charge in [-0.15, -0.1) is 0 Å². The molecule has 3 heteroatoms. The van der Waals surface area contributed by atoms with E-state index in [0.717, 1.165) is 19.5 Å². The first-order chi connectivity index (χ1) is 6.53. The van der Waals surface area contributed by atoms with Crippen LogP contribution in [0.2, 0.25) is 0 Å². The smallest absolute Gasteiger partial charge is 0.0670 e. The molecule has 2 atom stereocenters. The lowest BCUT2D eigenvalue weighted by molar-refractivity contribution is 0.0308. The minimum atomic E-state index is 0.113. The summed E-state index contributed by atoms with van der Waals surface area (Å²) in [5.74, 6) is 0. The molecule has 0 aromatic carbocycles. The summed E-state index contributed by atoms with van der Waals surface area (Å²) in [6.07, 6.45) is 1.35. The van der Waals surface area contributed by atoms with Crippen LogP contribution in [0.4, 0.5) is 0 Å². The van der Waals surface area contributed by atoms with Crippen LogP contribution >= 0.6 is 0 Å². The highest BCUT2D eigenvalue weighted by molar-refractivity contribution is 4.86. The first-order valence-electron chi connectivity index (χ1n) is 5.52. The summed E-state index contributed by atoms with van der Waals surface area (Å²) >= 11 is 0. The van der Waals surface area contributed by atoms with Crippen molar-refractivity contribution in [2.24, 2.45) is 5.73 Å². The van der Waals surface area contributed by atoms with E-state index < -0.39 is 0 Å². The highest BCUT2D eigenvalue weighted by atomic mass is 16.5. The molecule has 86 valence electrons. The summed E-state index contributed by atoms with van der Waals surface area (Å²) < 4.78 is 5.28. The highest BCUT2D eigenvalue weighted by Gasteiger charge is 2.28. The third kappa shape index (κ3) is 3.56. The van der Waals surface area contributed by atoms with Crippen LogP contribution in [0.5, 0.6) is 0 Å². The Morgan fingerprint density at radius 2 is 2.00 bits per heavy atom. The molecule has 0 bridgehead atoms. The van der Waals surface area contributed by atoms with Crippen molar-refractivity contribution in [2.75, 3.05) is 26.7 Å². The average molecular weight is 202 g/mol. The van der Waals surface area contributed by atoms with Gasteiger partial charge >= 0.3 is 0 Å². The van der Waals surface area contributed by atoms with Crippen molar-refractivity contribution in [3.8, 4) is 0 Å². The predicted octanol–water partition coefficient (Wildman–Crippen LogP) is 1.47. The largest absolute Gasteiger partial charge is 0.380 e. The third-order valence-corrected chi connectivity index (χ3v) is 3.23. The molecule has 0 radical (unpaired) electrons. The minimum absolute atomic E-state index is 0.113. The number of nitrogens with two attached hydrogens (primary N) is 1. The van der Waals surface area contributed by atoms with E-state index in [-0.39, 0.29) is 11.6 Å². The van der Waals surface area contributed by atoms with Gasteiger partial charge < -0.3 is 10.5 Å². The lowest BCUT2D eigenvalue weighted by Gasteiger charge is -2.40. The van der Waals surface area contributed by atoms with Crippen LogP contribution in [0.25, 0.3) is 0 Å². The molecule has 0 saturated heterocycles. The molecule has 2 N–H and O–H groups in total. The molecule has 0 heterocycles. The van der Waals surface area contributed by atoms with Crippen molar-refractivity contribution < 1.29 is 4.74 Å². The summed E-state index contributed by atoms with van der Waals surface area (Å²) in [6, 6.07) is 0. The molecule has 0 saturated carbocycles. The monoisotopic (exact) mass is 202 g/mol. The van der Waals surface area contributed by atoms with E-state index in [1.165, 1.54) is 0 Å². The second kappa shape index (κ2) is 6.38. The summed E-state index contributed by atoms with van der Waals surface area (Å²) in [5, 5.41) is 0. The number of ether oxygens (including phenoxy) is 1. The summed E-state index contributed by atoms with van der Waals surface area (Å²) in [7, 11) is 1.75. The van der Waals surface area contributed by atoms with Crippen molar-refractivity contribution in [3.05, 3.63) is 0 Å². The van der Waals surface area contributed by atoms with Crippen molar-refractivity contribution in [3.63, 3.8) is 0 Å². The topological polar surface area (TPSA) is 38.5 Å². The summed E-state index contributed by atoms with van der Waals surface area (Å²) in [5.41, 5.74) is 5.94. The van der Waals surface area contributed by atoms with Gasteiger partial charge in [0.15, 0.2) is 0 Å². The molecule has 0 aliphatic carbocycles. The maximum Gasteiger partial charge on any atom is 0.0670 e. The fourth-order valence-electron chi connectivity index (χ4n) is 1.61. The fraction of sp³-hybridized carbons (Fsp3) is 1.00. The number of methoxy groups -OCH3 is 1. The van der Waals surface area contributed by atoms with Crippen LogP contribution in [0.15, 0.2) is 0 Å². The van der Waals surface area contributed by atoms with E-state index in [0.29, 0.717) is 6.54 Å². The van der Waals surface area contributed by atoms with Crippen LogP contribution in [0.1, 0.15) is 34.1 Å². The molecule has 0 aliphatic heterocycles. The first kappa shape index (κ1) is 13.9. The van der Waals surface area contributed by atoms with Gasteiger partial charge in [-0.3, -0.25) is 4.90 Å². The van der Waals surface area contributed by atoms with Crippen LogP contribution in [-0.2, 0) is 4.74 Å². The highest BCUT2D eigenvalue weighted by Crippen LogP contribution is 2.18. The van der Waals surface area contributed by atoms with Gasteiger partial charge in [0.2, 0.25) is 0 Å². The lowest BCUT2D eigenvalue weighted by Crippen LogP contribution is -2.53. The molecule has 0 amide bonds. The maximum atomic E-state index is 5.83. The van der Waals surface area contributed by atoms with E-state index >= 15 is 0 Å². The Balaban J connectivity index is 4.36. The van der Waals surface area contributed by atoms with Gasteiger partial charge in [0.25, 0.3) is 0 Å². The molecule has 0 fully saturated rings. The Morgan fingerprint density at radius 1 is 1.43 bits per heavy atom. The van der Waals surface area contributed by atoms with Crippen molar-refractivity contribution >= 4 is 0 Å². The molecular weight excluding hydrogens is 176 g/mol. The van der Waals surface area contributed by atoms with Crippen molar-refractivity contribution in [1.29, 1.82) is 0 Å². The second-order valence-electron chi connectivity index (χ2n) is 4.14. The van der Waals surface area contributed by atoms with Gasteiger partial charge in [0.05, 0.1) is 6.10 Å². The van der Waals surface area contributed by atoms with Crippen LogP contribution in [0, 0.1) is 0 Å². The van der Waals surface area contributed by atoms with E-state index in [4.69, 9.17) is 10.5 Å². The lowest BCUT2D eigenvalue weighted by atomic mass is 9.96. The Kier molecular flexibility index (Phi) is 6.33. The number of likely N-dealkylation sites (N-methyl/N-ethyl adjacent to an activating group) is 1. The third-order valence-electron chi connectivity index (χ3n) is 3.23. The maximum absolute atomic E-state index is 5.83. The van der Waals surface area contributed by atoms with Crippen LogP contribution in [0.3, 0.4) is 0 Å². The Hall–Kier alpha value is -0.120. The van der Waals surface area contributed by atoms with Crippen LogP contribution < -0.4 is 5.73 Å². The fourth-order valence-corrected chi connectivity index (χ4v) is 1.61. The number of nitrogens with zero attached hydrogens (tertiary/aromatic N) is 1. The van der Waals surface area contributed by atoms with Crippen molar-refractivity contribution in [2.45, 2.75) is 45.8 Å². The van der Waals surface area contributed by atoms with Gasteiger partial charge in [-0.2, -0.15) is 0 Å². The standard InChI is InChI=1S/C11H26N2O/c1-6-11(4,9-12)13(7-2)8-10(3)14-5/h10H,6-9,12H2,1-5H3. The number of hydrogen-bond donors (Lipinski definition) is 1.